The van der Waals surface area contributed by atoms with Crippen LogP contribution in [-0.4, -0.2) is 49.2 Å². The average Bonchev–Trinajstić information content (AvgIpc) is 3.20. The number of nitrogens with one attached hydrogen (secondary N) is 1. The Bertz CT molecular complexity index is 740. The zero-order valence-corrected chi connectivity index (χ0v) is 24.5. The third-order valence-corrected chi connectivity index (χ3v) is 12.3. The second kappa shape index (κ2) is 11.6. The van der Waals surface area contributed by atoms with Crippen molar-refractivity contribution in [1.29, 1.82) is 0 Å². The lowest BCUT2D eigenvalue weighted by atomic mass is 9.44. The largest absolute Gasteiger partial charge is 0.383 e. The van der Waals surface area contributed by atoms with Gasteiger partial charge in [-0.1, -0.05) is 53.4 Å². The monoisotopic (exact) mass is 502 g/mol. The molecule has 4 fully saturated rings. The number of carbonyl (C=O) groups is 1. The predicted molar refractivity (Wildman–Crippen MR) is 150 cm³/mol. The van der Waals surface area contributed by atoms with Gasteiger partial charge in [0.1, 0.15) is 6.10 Å². The summed E-state index contributed by atoms with van der Waals surface area (Å²) in [5.74, 6) is 5.37. The molecule has 0 aliphatic heterocycles. The van der Waals surface area contributed by atoms with Crippen LogP contribution in [0.15, 0.2) is 0 Å². The maximum absolute atomic E-state index is 12.3. The zero-order valence-electron chi connectivity index (χ0n) is 24.5. The van der Waals surface area contributed by atoms with E-state index in [1.807, 2.05) is 25.9 Å². The highest BCUT2D eigenvalue weighted by Gasteiger charge is 2.60. The van der Waals surface area contributed by atoms with E-state index in [0.717, 1.165) is 54.9 Å². The summed E-state index contributed by atoms with van der Waals surface area (Å²) in [6.45, 7) is 11.3. The fourth-order valence-electron chi connectivity index (χ4n) is 10.2. The van der Waals surface area contributed by atoms with Gasteiger partial charge in [0, 0.05) is 13.1 Å². The number of amides is 1. The summed E-state index contributed by atoms with van der Waals surface area (Å²) in [4.78, 5) is 14.4. The van der Waals surface area contributed by atoms with Crippen LogP contribution in [0.2, 0.25) is 0 Å². The van der Waals surface area contributed by atoms with E-state index in [2.05, 4.69) is 26.1 Å². The molecule has 0 aromatic carbocycles. The van der Waals surface area contributed by atoms with Crippen molar-refractivity contribution in [3.63, 3.8) is 0 Å². The van der Waals surface area contributed by atoms with Gasteiger partial charge in [0.05, 0.1) is 0 Å². The Morgan fingerprint density at radius 2 is 1.69 bits per heavy atom. The average molecular weight is 503 g/mol. The number of carbonyl (C=O) groups excluding carboxylic acids is 1. The van der Waals surface area contributed by atoms with Crippen LogP contribution < -0.4 is 5.32 Å². The SMILES string of the molecule is CC(CCC[C@@H](C)[C@H]1CC[C@H]2[C@@H]3CCC4CCCC[C@]4(C)[C@H]3CC[C@]12C)C(O)C(=O)NCCN(C)C. The molecule has 0 aromatic heterocycles. The van der Waals surface area contributed by atoms with Gasteiger partial charge in [0.2, 0.25) is 5.91 Å². The Labute approximate surface area is 222 Å². The van der Waals surface area contributed by atoms with Gasteiger partial charge in [-0.2, -0.15) is 0 Å². The summed E-state index contributed by atoms with van der Waals surface area (Å²) in [5.41, 5.74) is 1.18. The van der Waals surface area contributed by atoms with Crippen molar-refractivity contribution >= 4 is 5.91 Å². The lowest BCUT2D eigenvalue weighted by Gasteiger charge is -2.61. The minimum Gasteiger partial charge on any atom is -0.383 e. The van der Waals surface area contributed by atoms with Gasteiger partial charge in [0.15, 0.2) is 0 Å². The van der Waals surface area contributed by atoms with Crippen LogP contribution in [0.1, 0.15) is 111 Å². The fourth-order valence-corrected chi connectivity index (χ4v) is 10.2. The van der Waals surface area contributed by atoms with E-state index in [9.17, 15) is 9.90 Å². The lowest BCUT2D eigenvalue weighted by molar-refractivity contribution is -0.131. The number of aliphatic hydroxyl groups is 1. The maximum atomic E-state index is 12.3. The Morgan fingerprint density at radius 3 is 2.44 bits per heavy atom. The molecule has 1 amide bonds. The van der Waals surface area contributed by atoms with Crippen LogP contribution in [0.4, 0.5) is 0 Å². The molecule has 4 aliphatic carbocycles. The molecule has 3 unspecified atom stereocenters. The van der Waals surface area contributed by atoms with Crippen LogP contribution in [0.25, 0.3) is 0 Å². The first-order valence-corrected chi connectivity index (χ1v) is 15.7. The third-order valence-electron chi connectivity index (χ3n) is 12.3. The molecular formula is C32H58N2O2. The van der Waals surface area contributed by atoms with Crippen molar-refractivity contribution in [2.75, 3.05) is 27.2 Å². The summed E-state index contributed by atoms with van der Waals surface area (Å²) in [6.07, 6.45) is 17.2. The number of hydrogen-bond donors (Lipinski definition) is 2. The number of aliphatic hydroxyl groups excluding tert-OH is 1. The van der Waals surface area contributed by atoms with Crippen molar-refractivity contribution in [3.8, 4) is 0 Å². The van der Waals surface area contributed by atoms with E-state index in [4.69, 9.17) is 0 Å². The van der Waals surface area contributed by atoms with Gasteiger partial charge in [-0.25, -0.2) is 0 Å². The molecule has 36 heavy (non-hydrogen) atoms. The zero-order chi connectivity index (χ0) is 26.1. The highest BCUT2D eigenvalue weighted by Crippen LogP contribution is 2.68. The van der Waals surface area contributed by atoms with Crippen molar-refractivity contribution in [2.45, 2.75) is 117 Å². The van der Waals surface area contributed by atoms with Gasteiger partial charge < -0.3 is 15.3 Å². The highest BCUT2D eigenvalue weighted by atomic mass is 16.3. The summed E-state index contributed by atoms with van der Waals surface area (Å²) >= 11 is 0. The summed E-state index contributed by atoms with van der Waals surface area (Å²) in [6, 6.07) is 0. The van der Waals surface area contributed by atoms with Crippen LogP contribution in [0, 0.1) is 52.3 Å². The lowest BCUT2D eigenvalue weighted by Crippen LogP contribution is -2.53. The molecule has 0 bridgehead atoms. The van der Waals surface area contributed by atoms with Crippen molar-refractivity contribution < 1.29 is 9.90 Å². The first-order chi connectivity index (χ1) is 17.1. The number of fused-ring (bicyclic) bond motifs is 5. The molecule has 0 saturated heterocycles. The molecule has 4 rings (SSSR count). The summed E-state index contributed by atoms with van der Waals surface area (Å²) in [5, 5.41) is 13.4. The molecule has 4 heteroatoms. The molecule has 4 aliphatic rings. The van der Waals surface area contributed by atoms with E-state index in [1.54, 1.807) is 0 Å². The number of nitrogens with zero attached hydrogens (tertiary/aromatic N) is 1. The minimum absolute atomic E-state index is 0.0188. The van der Waals surface area contributed by atoms with Crippen LogP contribution in [0.5, 0.6) is 0 Å². The van der Waals surface area contributed by atoms with Crippen molar-refractivity contribution in [1.82, 2.24) is 10.2 Å². The van der Waals surface area contributed by atoms with Gasteiger partial charge in [-0.3, -0.25) is 4.79 Å². The minimum atomic E-state index is -0.887. The number of likely N-dealkylation sites (N-methyl/N-ethyl adjacent to an activating group) is 1. The maximum Gasteiger partial charge on any atom is 0.249 e. The smallest absolute Gasteiger partial charge is 0.249 e. The van der Waals surface area contributed by atoms with E-state index in [-0.39, 0.29) is 11.8 Å². The Balaban J connectivity index is 1.27. The Morgan fingerprint density at radius 1 is 0.944 bits per heavy atom. The third kappa shape index (κ3) is 5.56. The second-order valence-electron chi connectivity index (χ2n) is 14.6. The molecule has 4 saturated carbocycles. The van der Waals surface area contributed by atoms with E-state index < -0.39 is 6.10 Å². The first kappa shape index (κ1) is 28.4. The van der Waals surface area contributed by atoms with Crippen LogP contribution in [-0.2, 0) is 4.79 Å². The molecule has 0 heterocycles. The summed E-state index contributed by atoms with van der Waals surface area (Å²) in [7, 11) is 3.99. The topological polar surface area (TPSA) is 52.6 Å². The van der Waals surface area contributed by atoms with E-state index in [1.165, 1.54) is 70.6 Å². The fraction of sp³-hybridized carbons (Fsp3) is 0.969. The normalized spacial score (nSPS) is 40.6. The number of hydrogen-bond acceptors (Lipinski definition) is 3. The van der Waals surface area contributed by atoms with E-state index >= 15 is 0 Å². The molecule has 208 valence electrons. The van der Waals surface area contributed by atoms with Gasteiger partial charge in [0.25, 0.3) is 0 Å². The van der Waals surface area contributed by atoms with Gasteiger partial charge in [-0.15, -0.1) is 0 Å². The Kier molecular flexibility index (Phi) is 9.18. The van der Waals surface area contributed by atoms with E-state index in [0.29, 0.717) is 17.4 Å². The van der Waals surface area contributed by atoms with Crippen molar-refractivity contribution in [2.24, 2.45) is 52.3 Å². The van der Waals surface area contributed by atoms with Crippen LogP contribution >= 0.6 is 0 Å². The highest BCUT2D eigenvalue weighted by molar-refractivity contribution is 5.80. The second-order valence-corrected chi connectivity index (χ2v) is 14.6. The predicted octanol–water partition coefficient (Wildman–Crippen LogP) is 6.52. The molecule has 0 aromatic rings. The van der Waals surface area contributed by atoms with Gasteiger partial charge >= 0.3 is 0 Å². The molecule has 10 atom stereocenters. The van der Waals surface area contributed by atoms with Crippen molar-refractivity contribution in [3.05, 3.63) is 0 Å². The molecule has 0 radical (unpaired) electrons. The standard InChI is InChI=1S/C32H58N2O2/c1-22(10-9-11-23(2)29(35)30(36)33-20-21-34(5)6)26-15-16-27-25-14-13-24-12-7-8-18-31(24,3)28(25)17-19-32(26,27)4/h22-29,35H,7-21H2,1-6H3,(H,33,36)/t22-,23?,24?,25+,26-,27+,28+,29?,31+,32-/m1/s1. The molecule has 4 nitrogen and oxygen atoms in total. The number of rotatable bonds is 10. The first-order valence-electron chi connectivity index (χ1n) is 15.7. The molecule has 2 N–H and O–H groups in total. The molecular weight excluding hydrogens is 444 g/mol. The van der Waals surface area contributed by atoms with Gasteiger partial charge in [-0.05, 0) is 124 Å². The Hall–Kier alpha value is -0.610. The summed E-state index contributed by atoms with van der Waals surface area (Å²) < 4.78 is 0. The van der Waals surface area contributed by atoms with Crippen LogP contribution in [0.3, 0.4) is 0 Å². The quantitative estimate of drug-likeness (QED) is 0.358. The molecule has 0 spiro atoms.